The summed E-state index contributed by atoms with van der Waals surface area (Å²) in [6, 6.07) is 14.8. The van der Waals surface area contributed by atoms with Crippen LogP contribution < -0.4 is 5.32 Å². The van der Waals surface area contributed by atoms with Crippen LogP contribution >= 0.6 is 0 Å². The van der Waals surface area contributed by atoms with Gasteiger partial charge in [0.25, 0.3) is 5.91 Å². The van der Waals surface area contributed by atoms with Gasteiger partial charge < -0.3 is 14.8 Å². The minimum Gasteiger partial charge on any atom is -0.444 e. The number of halogens is 1. The van der Waals surface area contributed by atoms with Crippen LogP contribution in [0.25, 0.3) is 11.5 Å². The van der Waals surface area contributed by atoms with Crippen LogP contribution in [0.15, 0.2) is 65.3 Å². The highest BCUT2D eigenvalue weighted by Gasteiger charge is 2.15. The summed E-state index contributed by atoms with van der Waals surface area (Å²) in [5.41, 5.74) is 1.26. The topological polar surface area (TPSA) is 75.4 Å². The number of hydrogen-bond donors (Lipinski definition) is 2. The number of carbonyl (C=O) groups is 1. The van der Waals surface area contributed by atoms with Crippen molar-refractivity contribution in [1.29, 1.82) is 0 Å². The van der Waals surface area contributed by atoms with Crippen LogP contribution in [0.1, 0.15) is 22.2 Å². The van der Waals surface area contributed by atoms with Crippen LogP contribution in [0, 0.1) is 5.82 Å². The van der Waals surface area contributed by atoms with Crippen LogP contribution in [0.3, 0.4) is 0 Å². The van der Waals surface area contributed by atoms with E-state index in [1.165, 1.54) is 24.5 Å². The van der Waals surface area contributed by atoms with Gasteiger partial charge in [0, 0.05) is 12.1 Å². The van der Waals surface area contributed by atoms with Gasteiger partial charge in [-0.05, 0) is 29.8 Å². The molecule has 122 valence electrons. The number of aromatic nitrogens is 1. The number of rotatable bonds is 5. The largest absolute Gasteiger partial charge is 0.444 e. The predicted molar refractivity (Wildman–Crippen MR) is 85.6 cm³/mol. The lowest BCUT2D eigenvalue weighted by Crippen LogP contribution is -2.28. The fourth-order valence-corrected chi connectivity index (χ4v) is 2.20. The summed E-state index contributed by atoms with van der Waals surface area (Å²) in [4.78, 5) is 16.2. The van der Waals surface area contributed by atoms with Crippen molar-refractivity contribution in [3.05, 3.63) is 77.9 Å². The van der Waals surface area contributed by atoms with Gasteiger partial charge in [0.2, 0.25) is 5.89 Å². The first-order chi connectivity index (χ1) is 11.6. The molecule has 1 aromatic heterocycles. The van der Waals surface area contributed by atoms with Crippen molar-refractivity contribution in [2.24, 2.45) is 0 Å². The van der Waals surface area contributed by atoms with Gasteiger partial charge in [-0.2, -0.15) is 0 Å². The third kappa shape index (κ3) is 3.67. The van der Waals surface area contributed by atoms with E-state index in [0.717, 1.165) is 5.56 Å². The second kappa shape index (κ2) is 7.06. The second-order valence-corrected chi connectivity index (χ2v) is 5.18. The van der Waals surface area contributed by atoms with Gasteiger partial charge in [0.05, 0.1) is 6.10 Å². The minimum atomic E-state index is -1.01. The van der Waals surface area contributed by atoms with Crippen LogP contribution in [-0.4, -0.2) is 22.5 Å². The number of oxazole rings is 1. The third-order valence-electron chi connectivity index (χ3n) is 3.45. The molecule has 0 aliphatic heterocycles. The van der Waals surface area contributed by atoms with Crippen LogP contribution in [0.5, 0.6) is 0 Å². The van der Waals surface area contributed by atoms with Crippen molar-refractivity contribution >= 4 is 5.91 Å². The Morgan fingerprint density at radius 2 is 2.00 bits per heavy atom. The fraction of sp³-hybridized carbons (Fsp3) is 0.111. The first kappa shape index (κ1) is 15.9. The van der Waals surface area contributed by atoms with Gasteiger partial charge in [0.1, 0.15) is 12.1 Å². The summed E-state index contributed by atoms with van der Waals surface area (Å²) in [7, 11) is 0. The molecule has 2 aromatic carbocycles. The average Bonchev–Trinajstić information content (AvgIpc) is 3.10. The molecule has 24 heavy (non-hydrogen) atoms. The lowest BCUT2D eigenvalue weighted by molar-refractivity contribution is 0.0911. The fourth-order valence-electron chi connectivity index (χ4n) is 2.20. The number of aliphatic hydroxyl groups is 1. The molecular formula is C18H15FN2O3. The van der Waals surface area contributed by atoms with E-state index in [9.17, 15) is 14.3 Å². The Bertz CT molecular complexity index is 833. The first-order valence-electron chi connectivity index (χ1n) is 7.36. The number of aliphatic hydroxyl groups excluding tert-OH is 1. The maximum Gasteiger partial charge on any atom is 0.273 e. The first-order valence-corrected chi connectivity index (χ1v) is 7.36. The Labute approximate surface area is 137 Å². The molecular weight excluding hydrogens is 311 g/mol. The highest BCUT2D eigenvalue weighted by Crippen LogP contribution is 2.18. The van der Waals surface area contributed by atoms with E-state index < -0.39 is 17.8 Å². The van der Waals surface area contributed by atoms with Gasteiger partial charge in [0.15, 0.2) is 5.69 Å². The average molecular weight is 326 g/mol. The zero-order valence-corrected chi connectivity index (χ0v) is 12.6. The van der Waals surface area contributed by atoms with E-state index >= 15 is 0 Å². The van der Waals surface area contributed by atoms with Crippen LogP contribution in [-0.2, 0) is 0 Å². The normalized spacial score (nSPS) is 11.9. The highest BCUT2D eigenvalue weighted by molar-refractivity contribution is 5.92. The lowest BCUT2D eigenvalue weighted by Gasteiger charge is -2.11. The van der Waals surface area contributed by atoms with Crippen molar-refractivity contribution in [2.75, 3.05) is 6.54 Å². The Morgan fingerprint density at radius 1 is 1.21 bits per heavy atom. The number of amides is 1. The van der Waals surface area contributed by atoms with Crippen molar-refractivity contribution < 1.29 is 18.7 Å². The smallest absolute Gasteiger partial charge is 0.273 e. The molecule has 0 aliphatic carbocycles. The Kier molecular flexibility index (Phi) is 4.67. The second-order valence-electron chi connectivity index (χ2n) is 5.18. The highest BCUT2D eigenvalue weighted by atomic mass is 19.1. The molecule has 0 spiro atoms. The van der Waals surface area contributed by atoms with Gasteiger partial charge in [-0.25, -0.2) is 9.37 Å². The Morgan fingerprint density at radius 3 is 2.75 bits per heavy atom. The molecule has 5 nitrogen and oxygen atoms in total. The maximum atomic E-state index is 13.1. The lowest BCUT2D eigenvalue weighted by atomic mass is 10.1. The number of nitrogens with zero attached hydrogens (tertiary/aromatic N) is 1. The molecule has 0 aliphatic rings. The molecule has 1 heterocycles. The van der Waals surface area contributed by atoms with Gasteiger partial charge in [-0.3, -0.25) is 4.79 Å². The summed E-state index contributed by atoms with van der Waals surface area (Å²) in [5.74, 6) is -0.579. The molecule has 0 fully saturated rings. The zero-order chi connectivity index (χ0) is 16.9. The van der Waals surface area contributed by atoms with Crippen LogP contribution in [0.2, 0.25) is 0 Å². The maximum absolute atomic E-state index is 13.1. The Balaban J connectivity index is 1.62. The van der Waals surface area contributed by atoms with E-state index in [2.05, 4.69) is 10.3 Å². The monoisotopic (exact) mass is 326 g/mol. The van der Waals surface area contributed by atoms with Gasteiger partial charge in [-0.15, -0.1) is 0 Å². The van der Waals surface area contributed by atoms with E-state index in [-0.39, 0.29) is 12.2 Å². The zero-order valence-electron chi connectivity index (χ0n) is 12.6. The SMILES string of the molecule is O=C(NCC(O)c1cccc(F)c1)c1coc(-c2ccccc2)n1. The molecule has 1 atom stereocenters. The summed E-state index contributed by atoms with van der Waals surface area (Å²) in [5, 5.41) is 12.5. The number of hydrogen-bond acceptors (Lipinski definition) is 4. The number of carbonyl (C=O) groups excluding carboxylic acids is 1. The van der Waals surface area contributed by atoms with Gasteiger partial charge >= 0.3 is 0 Å². The summed E-state index contributed by atoms with van der Waals surface area (Å²) < 4.78 is 18.4. The molecule has 0 radical (unpaired) electrons. The van der Waals surface area contributed by atoms with E-state index in [4.69, 9.17) is 4.42 Å². The quantitative estimate of drug-likeness (QED) is 0.756. The van der Waals surface area contributed by atoms with Crippen molar-refractivity contribution in [3.63, 3.8) is 0 Å². The summed E-state index contributed by atoms with van der Waals surface area (Å²) in [6.07, 6.45) is 0.247. The summed E-state index contributed by atoms with van der Waals surface area (Å²) in [6.45, 7) is -0.0597. The Hall–Kier alpha value is -2.99. The molecule has 3 aromatic rings. The van der Waals surface area contributed by atoms with E-state index in [1.54, 1.807) is 6.07 Å². The molecule has 1 unspecified atom stereocenters. The summed E-state index contributed by atoms with van der Waals surface area (Å²) >= 11 is 0. The molecule has 3 rings (SSSR count). The molecule has 2 N–H and O–H groups in total. The number of nitrogens with one attached hydrogen (secondary N) is 1. The molecule has 6 heteroatoms. The van der Waals surface area contributed by atoms with Gasteiger partial charge in [-0.1, -0.05) is 30.3 Å². The third-order valence-corrected chi connectivity index (χ3v) is 3.45. The molecule has 0 saturated heterocycles. The van der Waals surface area contributed by atoms with E-state index in [0.29, 0.717) is 11.5 Å². The van der Waals surface area contributed by atoms with Crippen molar-refractivity contribution in [2.45, 2.75) is 6.10 Å². The minimum absolute atomic E-state index is 0.0597. The molecule has 0 bridgehead atoms. The van der Waals surface area contributed by atoms with Crippen molar-refractivity contribution in [3.8, 4) is 11.5 Å². The number of benzene rings is 2. The van der Waals surface area contributed by atoms with Crippen LogP contribution in [0.4, 0.5) is 4.39 Å². The predicted octanol–water partition coefficient (Wildman–Crippen LogP) is 2.94. The van der Waals surface area contributed by atoms with Crippen molar-refractivity contribution in [1.82, 2.24) is 10.3 Å². The molecule has 1 amide bonds. The standard InChI is InChI=1S/C18H15FN2O3/c19-14-8-4-7-13(9-14)16(22)10-20-17(23)15-11-24-18(21-15)12-5-2-1-3-6-12/h1-9,11,16,22H,10H2,(H,20,23). The van der Waals surface area contributed by atoms with E-state index in [1.807, 2.05) is 30.3 Å². The molecule has 0 saturated carbocycles.